The molecule has 4 nitrogen and oxygen atoms in total. The van der Waals surface area contributed by atoms with E-state index in [1.807, 2.05) is 19.3 Å². The molecule has 4 heteroatoms. The summed E-state index contributed by atoms with van der Waals surface area (Å²) in [6.45, 7) is 8.00. The highest BCUT2D eigenvalue weighted by molar-refractivity contribution is 5.91. The number of aliphatic hydroxyl groups excluding tert-OH is 1. The molecule has 0 aromatic carbocycles. The fourth-order valence-corrected chi connectivity index (χ4v) is 3.35. The van der Waals surface area contributed by atoms with Crippen LogP contribution in [0.5, 0.6) is 0 Å². The van der Waals surface area contributed by atoms with Gasteiger partial charge in [0.05, 0.1) is 18.1 Å². The van der Waals surface area contributed by atoms with Gasteiger partial charge in [0, 0.05) is 6.42 Å². The fraction of sp³-hybridized carbons (Fsp3) is 0.480. The molecule has 1 unspecified atom stereocenters. The van der Waals surface area contributed by atoms with Crippen molar-refractivity contribution in [1.82, 2.24) is 0 Å². The number of furan rings is 1. The molecule has 1 N–H and O–H groups in total. The molecule has 1 aliphatic rings. The van der Waals surface area contributed by atoms with Gasteiger partial charge in [0.2, 0.25) is 0 Å². The van der Waals surface area contributed by atoms with Gasteiger partial charge in [-0.1, -0.05) is 34.9 Å². The highest BCUT2D eigenvalue weighted by Crippen LogP contribution is 2.25. The van der Waals surface area contributed by atoms with Crippen molar-refractivity contribution in [2.24, 2.45) is 0 Å². The topological polar surface area (TPSA) is 59.7 Å². The zero-order valence-electron chi connectivity index (χ0n) is 18.2. The third kappa shape index (κ3) is 7.80. The first-order valence-electron chi connectivity index (χ1n) is 10.5. The van der Waals surface area contributed by atoms with Gasteiger partial charge in [-0.05, 0) is 77.8 Å². The molecular formula is C25H34O4. The minimum absolute atomic E-state index is 0.0759. The summed E-state index contributed by atoms with van der Waals surface area (Å²) in [5.41, 5.74) is 5.54. The summed E-state index contributed by atoms with van der Waals surface area (Å²) < 4.78 is 10.3. The van der Waals surface area contributed by atoms with E-state index < -0.39 is 12.1 Å². The Kier molecular flexibility index (Phi) is 9.04. The van der Waals surface area contributed by atoms with E-state index in [9.17, 15) is 9.90 Å². The second-order valence-electron chi connectivity index (χ2n) is 8.01. The molecule has 0 amide bonds. The standard InChI is InChI=1S/C25H34O4/c1-18(8-5-9-19(2)11-7-13-22-14-15-28-17-22)10-6-12-20(3)16-23-24(26)21(4)25(27)29-23/h8,11-12,14-15,17,23,26H,5-7,9-10,13,16H2,1-4H3/b18-8-,19-11-,20-12+. The lowest BCUT2D eigenvalue weighted by atomic mass is 10.0. The maximum atomic E-state index is 11.5. The molecule has 0 spiro atoms. The fourth-order valence-electron chi connectivity index (χ4n) is 3.35. The van der Waals surface area contributed by atoms with E-state index in [2.05, 4.69) is 32.1 Å². The summed E-state index contributed by atoms with van der Waals surface area (Å²) in [6, 6.07) is 2.02. The Morgan fingerprint density at radius 1 is 1.03 bits per heavy atom. The Morgan fingerprint density at radius 2 is 1.66 bits per heavy atom. The molecule has 0 fully saturated rings. The van der Waals surface area contributed by atoms with Crippen molar-refractivity contribution >= 4 is 5.97 Å². The lowest BCUT2D eigenvalue weighted by Gasteiger charge is -2.10. The quantitative estimate of drug-likeness (QED) is 0.330. The largest absolute Gasteiger partial charge is 0.508 e. The molecule has 0 radical (unpaired) electrons. The number of aryl methyl sites for hydroxylation is 1. The summed E-state index contributed by atoms with van der Waals surface area (Å²) in [4.78, 5) is 11.5. The Bertz CT molecular complexity index is 791. The van der Waals surface area contributed by atoms with E-state index in [0.29, 0.717) is 12.0 Å². The maximum absolute atomic E-state index is 11.5. The molecule has 2 heterocycles. The van der Waals surface area contributed by atoms with Crippen LogP contribution in [0.2, 0.25) is 0 Å². The summed E-state index contributed by atoms with van der Waals surface area (Å²) in [6.07, 6.45) is 16.6. The Labute approximate surface area is 174 Å². The van der Waals surface area contributed by atoms with E-state index in [-0.39, 0.29) is 5.76 Å². The SMILES string of the molecule is CC1=C(O)C(C/C(C)=C/CC/C(C)=C\CC/C(C)=C\CCc2ccoc2)OC1=O. The molecule has 0 saturated heterocycles. The van der Waals surface area contributed by atoms with Gasteiger partial charge in [-0.3, -0.25) is 0 Å². The van der Waals surface area contributed by atoms with Crippen molar-refractivity contribution in [1.29, 1.82) is 0 Å². The van der Waals surface area contributed by atoms with Crippen LogP contribution >= 0.6 is 0 Å². The lowest BCUT2D eigenvalue weighted by Crippen LogP contribution is -2.12. The first kappa shape index (κ1) is 22.8. The maximum Gasteiger partial charge on any atom is 0.338 e. The van der Waals surface area contributed by atoms with Crippen molar-refractivity contribution < 1.29 is 19.1 Å². The molecule has 1 aliphatic heterocycles. The number of esters is 1. The molecule has 2 rings (SSSR count). The number of cyclic esters (lactones) is 1. The summed E-state index contributed by atoms with van der Waals surface area (Å²) in [7, 11) is 0. The number of ether oxygens (including phenoxy) is 1. The van der Waals surface area contributed by atoms with Crippen LogP contribution < -0.4 is 0 Å². The van der Waals surface area contributed by atoms with Gasteiger partial charge in [0.15, 0.2) is 6.10 Å². The normalized spacial score (nSPS) is 18.6. The number of allylic oxidation sites excluding steroid dienone is 5. The van der Waals surface area contributed by atoms with Gasteiger partial charge in [0.1, 0.15) is 5.76 Å². The predicted molar refractivity (Wildman–Crippen MR) is 117 cm³/mol. The first-order chi connectivity index (χ1) is 13.9. The van der Waals surface area contributed by atoms with Crippen LogP contribution in [-0.4, -0.2) is 17.2 Å². The van der Waals surface area contributed by atoms with E-state index in [4.69, 9.17) is 9.15 Å². The second kappa shape index (κ2) is 11.5. The van der Waals surface area contributed by atoms with E-state index in [1.165, 1.54) is 16.7 Å². The molecular weight excluding hydrogens is 364 g/mol. The average Bonchev–Trinajstić information content (AvgIpc) is 3.27. The number of hydrogen-bond acceptors (Lipinski definition) is 4. The van der Waals surface area contributed by atoms with Crippen LogP contribution in [0, 0.1) is 0 Å². The lowest BCUT2D eigenvalue weighted by molar-refractivity contribution is -0.140. The van der Waals surface area contributed by atoms with Crippen molar-refractivity contribution in [3.63, 3.8) is 0 Å². The van der Waals surface area contributed by atoms with Gasteiger partial charge < -0.3 is 14.3 Å². The molecule has 0 aliphatic carbocycles. The minimum atomic E-state index is -0.515. The van der Waals surface area contributed by atoms with E-state index in [0.717, 1.165) is 44.1 Å². The van der Waals surface area contributed by atoms with Gasteiger partial charge in [-0.25, -0.2) is 4.79 Å². The summed E-state index contributed by atoms with van der Waals surface area (Å²) in [5.74, 6) is -0.336. The smallest absolute Gasteiger partial charge is 0.338 e. The van der Waals surface area contributed by atoms with E-state index in [1.54, 1.807) is 13.2 Å². The molecule has 1 atom stereocenters. The highest BCUT2D eigenvalue weighted by atomic mass is 16.6. The van der Waals surface area contributed by atoms with Crippen LogP contribution in [0.25, 0.3) is 0 Å². The van der Waals surface area contributed by atoms with Crippen molar-refractivity contribution in [3.05, 3.63) is 70.4 Å². The summed E-state index contributed by atoms with van der Waals surface area (Å²) >= 11 is 0. The van der Waals surface area contributed by atoms with Crippen molar-refractivity contribution in [2.45, 2.75) is 78.7 Å². The second-order valence-corrected chi connectivity index (χ2v) is 8.01. The third-order valence-corrected chi connectivity index (χ3v) is 5.32. The van der Waals surface area contributed by atoms with Crippen molar-refractivity contribution in [2.75, 3.05) is 0 Å². The zero-order valence-corrected chi connectivity index (χ0v) is 18.2. The molecule has 1 aromatic heterocycles. The van der Waals surface area contributed by atoms with Crippen LogP contribution in [0.3, 0.4) is 0 Å². The Morgan fingerprint density at radius 3 is 2.21 bits per heavy atom. The molecule has 1 aromatic rings. The van der Waals surface area contributed by atoms with Gasteiger partial charge in [-0.2, -0.15) is 0 Å². The van der Waals surface area contributed by atoms with E-state index >= 15 is 0 Å². The Balaban J connectivity index is 1.65. The molecule has 0 saturated carbocycles. The molecule has 29 heavy (non-hydrogen) atoms. The highest BCUT2D eigenvalue weighted by Gasteiger charge is 2.31. The van der Waals surface area contributed by atoms with Gasteiger partial charge >= 0.3 is 5.97 Å². The molecule has 158 valence electrons. The van der Waals surface area contributed by atoms with Crippen LogP contribution in [-0.2, 0) is 16.0 Å². The first-order valence-corrected chi connectivity index (χ1v) is 10.5. The van der Waals surface area contributed by atoms with Crippen LogP contribution in [0.1, 0.15) is 71.8 Å². The number of carbonyl (C=O) groups is 1. The Hall–Kier alpha value is -2.49. The third-order valence-electron chi connectivity index (χ3n) is 5.32. The number of hydrogen-bond donors (Lipinski definition) is 1. The predicted octanol–water partition coefficient (Wildman–Crippen LogP) is 6.76. The number of aliphatic hydroxyl groups is 1. The molecule has 0 bridgehead atoms. The van der Waals surface area contributed by atoms with Crippen molar-refractivity contribution in [3.8, 4) is 0 Å². The number of carbonyl (C=O) groups excluding carboxylic acids is 1. The monoisotopic (exact) mass is 398 g/mol. The van der Waals surface area contributed by atoms with Crippen LogP contribution in [0.15, 0.2) is 69.3 Å². The van der Waals surface area contributed by atoms with Gasteiger partial charge in [-0.15, -0.1) is 0 Å². The van der Waals surface area contributed by atoms with Crippen LogP contribution in [0.4, 0.5) is 0 Å². The number of rotatable bonds is 11. The summed E-state index contributed by atoms with van der Waals surface area (Å²) in [5, 5.41) is 9.92. The van der Waals surface area contributed by atoms with Gasteiger partial charge in [0.25, 0.3) is 0 Å². The zero-order chi connectivity index (χ0) is 21.2. The minimum Gasteiger partial charge on any atom is -0.508 e. The average molecular weight is 399 g/mol.